The molecule has 0 aliphatic heterocycles. The molecule has 0 spiro atoms. The van der Waals surface area contributed by atoms with Gasteiger partial charge in [0.25, 0.3) is 0 Å². The van der Waals surface area contributed by atoms with Gasteiger partial charge in [0.2, 0.25) is 5.72 Å². The lowest BCUT2D eigenvalue weighted by atomic mass is 9.84. The van der Waals surface area contributed by atoms with Crippen molar-refractivity contribution in [3.63, 3.8) is 0 Å². The molecule has 0 bridgehead atoms. The van der Waals surface area contributed by atoms with Crippen LogP contribution in [0.2, 0.25) is 0 Å². The molecule has 31 heavy (non-hydrogen) atoms. The smallest absolute Gasteiger partial charge is 0.230 e. The Morgan fingerprint density at radius 3 is 2.03 bits per heavy atom. The lowest BCUT2D eigenvalue weighted by molar-refractivity contribution is -0.977. The summed E-state index contributed by atoms with van der Waals surface area (Å²) in [5, 5.41) is 0. The molecule has 1 unspecified atom stereocenters. The first-order chi connectivity index (χ1) is 14.2. The Bertz CT molecular complexity index is 761. The van der Waals surface area contributed by atoms with E-state index in [4.69, 9.17) is 9.47 Å². The molecule has 0 aliphatic carbocycles. The summed E-state index contributed by atoms with van der Waals surface area (Å²) in [6.07, 6.45) is 2.03. The molecule has 0 radical (unpaired) electrons. The number of nitrogens with zero attached hydrogens (tertiary/aromatic N) is 1. The minimum atomic E-state index is -0.408. The summed E-state index contributed by atoms with van der Waals surface area (Å²) in [6.45, 7) is 13.5. The molecule has 3 nitrogen and oxygen atoms in total. The molecule has 0 aromatic heterocycles. The summed E-state index contributed by atoms with van der Waals surface area (Å²) in [4.78, 5) is 0. The summed E-state index contributed by atoms with van der Waals surface area (Å²) in [7, 11) is 4.60. The quantitative estimate of drug-likeness (QED) is 0.282. The number of benzene rings is 2. The molecule has 4 heteroatoms. The zero-order valence-corrected chi connectivity index (χ0v) is 21.3. The number of hydrogen-bond donors (Lipinski definition) is 0. The highest BCUT2D eigenvalue weighted by atomic mass is 35.5. The predicted octanol–water partition coefficient (Wildman–Crippen LogP) is 3.28. The van der Waals surface area contributed by atoms with E-state index in [-0.39, 0.29) is 12.4 Å². The summed E-state index contributed by atoms with van der Waals surface area (Å²) in [5.41, 5.74) is 2.32. The third kappa shape index (κ3) is 7.24. The van der Waals surface area contributed by atoms with Crippen LogP contribution in [0.1, 0.15) is 52.2 Å². The van der Waals surface area contributed by atoms with Crippen LogP contribution >= 0.6 is 0 Å². The Morgan fingerprint density at radius 2 is 1.45 bits per heavy atom. The maximum Gasteiger partial charge on any atom is 0.230 e. The van der Waals surface area contributed by atoms with E-state index in [1.54, 1.807) is 0 Å². The average Bonchev–Trinajstić information content (AvgIpc) is 2.70. The third-order valence-electron chi connectivity index (χ3n) is 5.96. The van der Waals surface area contributed by atoms with Crippen LogP contribution in [0.15, 0.2) is 54.6 Å². The molecular weight excluding hydrogens is 406 g/mol. The van der Waals surface area contributed by atoms with E-state index >= 15 is 0 Å². The normalized spacial score (nSPS) is 13.7. The number of halogens is 1. The Kier molecular flexibility index (Phi) is 11.1. The fourth-order valence-corrected chi connectivity index (χ4v) is 4.21. The molecular formula is C27H42ClNO2. The Morgan fingerprint density at radius 1 is 0.839 bits per heavy atom. The summed E-state index contributed by atoms with van der Waals surface area (Å²) >= 11 is 0. The van der Waals surface area contributed by atoms with Crippen LogP contribution < -0.4 is 17.1 Å². The van der Waals surface area contributed by atoms with Gasteiger partial charge in [0.15, 0.2) is 0 Å². The predicted molar refractivity (Wildman–Crippen MR) is 127 cm³/mol. The van der Waals surface area contributed by atoms with Gasteiger partial charge >= 0.3 is 0 Å². The number of rotatable bonds is 12. The van der Waals surface area contributed by atoms with Gasteiger partial charge in [-0.15, -0.1) is 0 Å². The minimum absolute atomic E-state index is 0. The maximum atomic E-state index is 6.87. The Labute approximate surface area is 196 Å². The van der Waals surface area contributed by atoms with Crippen molar-refractivity contribution in [2.45, 2.75) is 53.2 Å². The lowest BCUT2D eigenvalue weighted by Crippen LogP contribution is -3.00. The first-order valence-corrected chi connectivity index (χ1v) is 11.4. The second-order valence-corrected chi connectivity index (χ2v) is 9.65. The van der Waals surface area contributed by atoms with Gasteiger partial charge in [0.05, 0.1) is 27.2 Å². The van der Waals surface area contributed by atoms with Gasteiger partial charge in [0, 0.05) is 12.0 Å². The highest BCUT2D eigenvalue weighted by Crippen LogP contribution is 2.42. The summed E-state index contributed by atoms with van der Waals surface area (Å²) < 4.78 is 13.6. The van der Waals surface area contributed by atoms with Crippen LogP contribution in [0.3, 0.4) is 0 Å². The average molecular weight is 448 g/mol. The van der Waals surface area contributed by atoms with Crippen LogP contribution in [0, 0.1) is 11.8 Å². The molecule has 2 aromatic carbocycles. The zero-order chi connectivity index (χ0) is 22.2. The van der Waals surface area contributed by atoms with Gasteiger partial charge in [-0.3, -0.25) is 4.48 Å². The van der Waals surface area contributed by atoms with E-state index in [2.05, 4.69) is 73.0 Å². The monoisotopic (exact) mass is 447 g/mol. The van der Waals surface area contributed by atoms with Crippen molar-refractivity contribution in [3.8, 4) is 5.75 Å². The van der Waals surface area contributed by atoms with Crippen molar-refractivity contribution in [3.05, 3.63) is 65.7 Å². The van der Waals surface area contributed by atoms with Crippen LogP contribution in [0.4, 0.5) is 0 Å². The molecule has 0 N–H and O–H groups in total. The van der Waals surface area contributed by atoms with Gasteiger partial charge in [0.1, 0.15) is 12.4 Å². The molecule has 2 rings (SSSR count). The lowest BCUT2D eigenvalue weighted by Gasteiger charge is -2.49. The van der Waals surface area contributed by atoms with Crippen molar-refractivity contribution < 1.29 is 26.4 Å². The number of quaternary nitrogens is 1. The molecule has 0 amide bonds. The molecule has 174 valence electrons. The molecule has 0 aliphatic rings. The first-order valence-electron chi connectivity index (χ1n) is 11.4. The van der Waals surface area contributed by atoms with Gasteiger partial charge < -0.3 is 21.9 Å². The fourth-order valence-electron chi connectivity index (χ4n) is 4.21. The van der Waals surface area contributed by atoms with E-state index in [0.29, 0.717) is 25.0 Å². The second-order valence-electron chi connectivity index (χ2n) is 9.65. The van der Waals surface area contributed by atoms with E-state index in [0.717, 1.165) is 29.6 Å². The zero-order valence-electron chi connectivity index (χ0n) is 20.5. The Balaban J connectivity index is 0.00000480. The fraction of sp³-hybridized carbons (Fsp3) is 0.556. The van der Waals surface area contributed by atoms with Crippen LogP contribution in [-0.4, -0.2) is 38.3 Å². The molecule has 2 aromatic rings. The Hall–Kier alpha value is -1.55. The van der Waals surface area contributed by atoms with Gasteiger partial charge in [-0.1, -0.05) is 64.1 Å². The van der Waals surface area contributed by atoms with Crippen molar-refractivity contribution in [2.75, 3.05) is 33.9 Å². The van der Waals surface area contributed by atoms with E-state index < -0.39 is 5.72 Å². The largest absolute Gasteiger partial charge is 1.00 e. The highest BCUT2D eigenvalue weighted by Gasteiger charge is 2.49. The van der Waals surface area contributed by atoms with E-state index in [9.17, 15) is 0 Å². The SMILES string of the molecule is CC[N+](C)(C)C(CC(C)C)(OCCOc1ccccc1)c1ccccc1CC(C)C.[Cl-]. The number of ether oxygens (including phenoxy) is 2. The van der Waals surface area contributed by atoms with Crippen LogP contribution in [0.25, 0.3) is 0 Å². The summed E-state index contributed by atoms with van der Waals surface area (Å²) in [5.74, 6) is 2.00. The van der Waals surface area contributed by atoms with Crippen molar-refractivity contribution in [1.82, 2.24) is 0 Å². The molecule has 0 heterocycles. The van der Waals surface area contributed by atoms with Crippen molar-refractivity contribution in [2.24, 2.45) is 11.8 Å². The van der Waals surface area contributed by atoms with E-state index in [1.807, 2.05) is 30.3 Å². The molecule has 0 fully saturated rings. The van der Waals surface area contributed by atoms with Crippen molar-refractivity contribution >= 4 is 0 Å². The first kappa shape index (κ1) is 27.5. The molecule has 0 saturated heterocycles. The number of para-hydroxylation sites is 1. The van der Waals surface area contributed by atoms with Gasteiger partial charge in [-0.25, -0.2) is 0 Å². The molecule has 0 saturated carbocycles. The van der Waals surface area contributed by atoms with Crippen molar-refractivity contribution in [1.29, 1.82) is 0 Å². The standard InChI is InChI=1S/C27H42NO2.ClH/c1-8-28(6,7)27(21-23(4)5,26-17-13-12-14-24(26)20-22(2)3)30-19-18-29-25-15-10-9-11-16-25;/h9-17,22-23H,8,18-21H2,1-7H3;1H/q+1;/p-1. The van der Waals surface area contributed by atoms with Gasteiger partial charge in [-0.2, -0.15) is 0 Å². The maximum absolute atomic E-state index is 6.87. The second kappa shape index (κ2) is 12.5. The van der Waals surface area contributed by atoms with E-state index in [1.165, 1.54) is 11.1 Å². The summed E-state index contributed by atoms with van der Waals surface area (Å²) in [6, 6.07) is 18.9. The minimum Gasteiger partial charge on any atom is -1.00 e. The topological polar surface area (TPSA) is 18.5 Å². The molecule has 1 atom stereocenters. The number of hydrogen-bond acceptors (Lipinski definition) is 2. The van der Waals surface area contributed by atoms with Crippen LogP contribution in [-0.2, 0) is 16.9 Å². The third-order valence-corrected chi connectivity index (χ3v) is 5.96. The van der Waals surface area contributed by atoms with Gasteiger partial charge in [-0.05, 0) is 48.9 Å². The highest BCUT2D eigenvalue weighted by molar-refractivity contribution is 5.32. The van der Waals surface area contributed by atoms with Crippen LogP contribution in [0.5, 0.6) is 5.75 Å².